The van der Waals surface area contributed by atoms with Gasteiger partial charge < -0.3 is 5.32 Å². The SMILES string of the molecule is CCC1CCC(CNCCS(=O)(=O)C(C)(C)C)CC1. The molecule has 4 heteroatoms. The summed E-state index contributed by atoms with van der Waals surface area (Å²) in [5, 5.41) is 3.34. The average Bonchev–Trinajstić information content (AvgIpc) is 2.34. The summed E-state index contributed by atoms with van der Waals surface area (Å²) in [4.78, 5) is 0. The van der Waals surface area contributed by atoms with Crippen molar-refractivity contribution < 1.29 is 8.42 Å². The van der Waals surface area contributed by atoms with Gasteiger partial charge in [0.15, 0.2) is 9.84 Å². The smallest absolute Gasteiger partial charge is 0.156 e. The predicted octanol–water partition coefficient (Wildman–Crippen LogP) is 3.01. The lowest BCUT2D eigenvalue weighted by Crippen LogP contribution is -2.36. The van der Waals surface area contributed by atoms with E-state index in [4.69, 9.17) is 0 Å². The van der Waals surface area contributed by atoms with Crippen LogP contribution in [0.5, 0.6) is 0 Å². The first-order valence-electron chi connectivity index (χ1n) is 7.69. The van der Waals surface area contributed by atoms with Gasteiger partial charge in [0.2, 0.25) is 0 Å². The number of nitrogens with one attached hydrogen (secondary N) is 1. The van der Waals surface area contributed by atoms with Crippen molar-refractivity contribution in [2.75, 3.05) is 18.8 Å². The third-order valence-corrected chi connectivity index (χ3v) is 7.06. The molecule has 19 heavy (non-hydrogen) atoms. The van der Waals surface area contributed by atoms with Gasteiger partial charge in [-0.2, -0.15) is 0 Å². The Bertz CT molecular complexity index is 349. The normalized spacial score (nSPS) is 25.5. The molecule has 114 valence electrons. The zero-order valence-corrected chi connectivity index (χ0v) is 13.9. The Balaban J connectivity index is 2.19. The van der Waals surface area contributed by atoms with Gasteiger partial charge in [-0.25, -0.2) is 8.42 Å². The highest BCUT2D eigenvalue weighted by molar-refractivity contribution is 7.92. The summed E-state index contributed by atoms with van der Waals surface area (Å²) in [5.41, 5.74) is 0. The molecular formula is C15H31NO2S. The minimum Gasteiger partial charge on any atom is -0.315 e. The second kappa shape index (κ2) is 7.07. The summed E-state index contributed by atoms with van der Waals surface area (Å²) < 4.78 is 23.3. The Labute approximate surface area is 119 Å². The van der Waals surface area contributed by atoms with Crippen molar-refractivity contribution in [2.45, 2.75) is 64.5 Å². The van der Waals surface area contributed by atoms with Crippen molar-refractivity contribution in [3.63, 3.8) is 0 Å². The van der Waals surface area contributed by atoms with Crippen LogP contribution in [0.4, 0.5) is 0 Å². The van der Waals surface area contributed by atoms with E-state index in [1.165, 1.54) is 32.1 Å². The first kappa shape index (κ1) is 17.0. The van der Waals surface area contributed by atoms with Crippen LogP contribution >= 0.6 is 0 Å². The maximum atomic E-state index is 11.9. The fraction of sp³-hybridized carbons (Fsp3) is 1.00. The highest BCUT2D eigenvalue weighted by atomic mass is 32.2. The van der Waals surface area contributed by atoms with Crippen molar-refractivity contribution >= 4 is 9.84 Å². The summed E-state index contributed by atoms with van der Waals surface area (Å²) >= 11 is 0. The minimum absolute atomic E-state index is 0.251. The van der Waals surface area contributed by atoms with Crippen LogP contribution in [0.2, 0.25) is 0 Å². The van der Waals surface area contributed by atoms with E-state index in [-0.39, 0.29) is 5.75 Å². The Kier molecular flexibility index (Phi) is 6.31. The quantitative estimate of drug-likeness (QED) is 0.765. The van der Waals surface area contributed by atoms with E-state index in [2.05, 4.69) is 12.2 Å². The Hall–Kier alpha value is -0.0900. The van der Waals surface area contributed by atoms with E-state index in [0.717, 1.165) is 18.4 Å². The molecule has 0 bridgehead atoms. The van der Waals surface area contributed by atoms with E-state index in [1.54, 1.807) is 20.8 Å². The van der Waals surface area contributed by atoms with E-state index in [0.29, 0.717) is 6.54 Å². The Morgan fingerprint density at radius 2 is 1.58 bits per heavy atom. The van der Waals surface area contributed by atoms with Crippen LogP contribution in [0.15, 0.2) is 0 Å². The molecule has 0 atom stereocenters. The van der Waals surface area contributed by atoms with Crippen molar-refractivity contribution in [3.8, 4) is 0 Å². The maximum absolute atomic E-state index is 11.9. The molecule has 0 spiro atoms. The molecule has 0 amide bonds. The van der Waals surface area contributed by atoms with Crippen molar-refractivity contribution in [1.29, 1.82) is 0 Å². The van der Waals surface area contributed by atoms with Gasteiger partial charge in [0, 0.05) is 6.54 Å². The van der Waals surface area contributed by atoms with E-state index >= 15 is 0 Å². The van der Waals surface area contributed by atoms with Crippen molar-refractivity contribution in [2.24, 2.45) is 11.8 Å². The molecule has 1 saturated carbocycles. The Morgan fingerprint density at radius 1 is 1.05 bits per heavy atom. The zero-order chi connectivity index (χ0) is 14.5. The molecule has 1 aliphatic rings. The summed E-state index contributed by atoms with van der Waals surface area (Å²) in [6, 6.07) is 0. The Morgan fingerprint density at radius 3 is 2.05 bits per heavy atom. The summed E-state index contributed by atoms with van der Waals surface area (Å²) in [6.45, 7) is 9.17. The molecule has 0 radical (unpaired) electrons. The number of hydrogen-bond donors (Lipinski definition) is 1. The fourth-order valence-corrected chi connectivity index (χ4v) is 3.69. The van der Waals surface area contributed by atoms with E-state index in [1.807, 2.05) is 0 Å². The van der Waals surface area contributed by atoms with Gasteiger partial charge >= 0.3 is 0 Å². The molecule has 1 N–H and O–H groups in total. The lowest BCUT2D eigenvalue weighted by Gasteiger charge is -2.28. The number of rotatable bonds is 6. The van der Waals surface area contributed by atoms with Gasteiger partial charge in [-0.3, -0.25) is 0 Å². The minimum atomic E-state index is -2.98. The summed E-state index contributed by atoms with van der Waals surface area (Å²) in [6.07, 6.45) is 6.62. The highest BCUT2D eigenvalue weighted by Gasteiger charge is 2.28. The first-order valence-corrected chi connectivity index (χ1v) is 9.34. The third-order valence-electron chi connectivity index (χ3n) is 4.46. The molecule has 1 aliphatic carbocycles. The lowest BCUT2D eigenvalue weighted by atomic mass is 9.81. The fourth-order valence-electron chi connectivity index (χ4n) is 2.66. The predicted molar refractivity (Wildman–Crippen MR) is 82.1 cm³/mol. The third kappa shape index (κ3) is 5.42. The van der Waals surface area contributed by atoms with Gasteiger partial charge in [-0.05, 0) is 52.0 Å². The standard InChI is InChI=1S/C15H31NO2S/c1-5-13-6-8-14(9-7-13)12-16-10-11-19(17,18)15(2,3)4/h13-14,16H,5-12H2,1-4H3. The molecule has 0 heterocycles. The topological polar surface area (TPSA) is 46.2 Å². The van der Waals surface area contributed by atoms with Gasteiger partial charge in [0.05, 0.1) is 10.5 Å². The first-order chi connectivity index (χ1) is 8.76. The van der Waals surface area contributed by atoms with Crippen LogP contribution in [0.25, 0.3) is 0 Å². The molecule has 1 rings (SSSR count). The zero-order valence-electron chi connectivity index (χ0n) is 13.0. The van der Waals surface area contributed by atoms with Gasteiger partial charge in [0.1, 0.15) is 0 Å². The second-order valence-electron chi connectivity index (χ2n) is 6.93. The average molecular weight is 289 g/mol. The molecule has 0 aromatic rings. The molecule has 0 aromatic heterocycles. The van der Waals surface area contributed by atoms with Crippen LogP contribution in [-0.2, 0) is 9.84 Å². The molecule has 0 unspecified atom stereocenters. The molecule has 0 aliphatic heterocycles. The molecular weight excluding hydrogens is 258 g/mol. The van der Waals surface area contributed by atoms with Crippen molar-refractivity contribution in [3.05, 3.63) is 0 Å². The van der Waals surface area contributed by atoms with Gasteiger partial charge in [-0.1, -0.05) is 26.2 Å². The maximum Gasteiger partial charge on any atom is 0.156 e. The molecule has 0 saturated heterocycles. The molecule has 1 fully saturated rings. The lowest BCUT2D eigenvalue weighted by molar-refractivity contribution is 0.264. The van der Waals surface area contributed by atoms with Crippen molar-refractivity contribution in [1.82, 2.24) is 5.32 Å². The second-order valence-corrected chi connectivity index (χ2v) is 9.79. The number of sulfone groups is 1. The summed E-state index contributed by atoms with van der Waals surface area (Å²) in [5.74, 6) is 1.93. The monoisotopic (exact) mass is 289 g/mol. The van der Waals surface area contributed by atoms with Gasteiger partial charge in [-0.15, -0.1) is 0 Å². The summed E-state index contributed by atoms with van der Waals surface area (Å²) in [7, 11) is -2.98. The van der Waals surface area contributed by atoms with Crippen LogP contribution in [0, 0.1) is 11.8 Å². The van der Waals surface area contributed by atoms with E-state index in [9.17, 15) is 8.42 Å². The van der Waals surface area contributed by atoms with E-state index < -0.39 is 14.6 Å². The highest BCUT2D eigenvalue weighted by Crippen LogP contribution is 2.30. The van der Waals surface area contributed by atoms with Crippen LogP contribution in [0.1, 0.15) is 59.8 Å². The molecule has 0 aromatic carbocycles. The van der Waals surface area contributed by atoms with Crippen LogP contribution < -0.4 is 5.32 Å². The van der Waals surface area contributed by atoms with Crippen LogP contribution in [-0.4, -0.2) is 32.0 Å². The van der Waals surface area contributed by atoms with Crippen LogP contribution in [0.3, 0.4) is 0 Å². The number of hydrogen-bond acceptors (Lipinski definition) is 3. The largest absolute Gasteiger partial charge is 0.315 e. The molecule has 3 nitrogen and oxygen atoms in total. The van der Waals surface area contributed by atoms with Gasteiger partial charge in [0.25, 0.3) is 0 Å².